The zero-order chi connectivity index (χ0) is 12.6. The van der Waals surface area contributed by atoms with Crippen LogP contribution in [0.25, 0.3) is 0 Å². The van der Waals surface area contributed by atoms with Gasteiger partial charge in [0.25, 0.3) is 0 Å². The van der Waals surface area contributed by atoms with E-state index in [1.165, 1.54) is 6.07 Å². The van der Waals surface area contributed by atoms with Crippen molar-refractivity contribution in [3.05, 3.63) is 28.2 Å². The molecule has 1 aromatic rings. The van der Waals surface area contributed by atoms with E-state index in [0.29, 0.717) is 6.54 Å². The third-order valence-electron chi connectivity index (χ3n) is 3.19. The highest BCUT2D eigenvalue weighted by atomic mass is 79.9. The average molecular weight is 305 g/mol. The molecule has 1 aromatic heterocycles. The van der Waals surface area contributed by atoms with E-state index in [4.69, 9.17) is 0 Å². The SMILES string of the molecule is CC(C)(F)C1CN(Cc2cnc(Br)c(F)c2)C1. The van der Waals surface area contributed by atoms with Crippen molar-refractivity contribution in [3.8, 4) is 0 Å². The number of likely N-dealkylation sites (tertiary alicyclic amines) is 1. The Hall–Kier alpha value is -0.550. The number of hydrogen-bond acceptors (Lipinski definition) is 2. The van der Waals surface area contributed by atoms with Gasteiger partial charge in [-0.3, -0.25) is 4.90 Å². The fourth-order valence-corrected chi connectivity index (χ4v) is 2.16. The molecule has 0 unspecified atom stereocenters. The maximum absolute atomic E-state index is 13.6. The molecule has 0 bridgehead atoms. The Kier molecular flexibility index (Phi) is 3.50. The number of hydrogen-bond donors (Lipinski definition) is 0. The third-order valence-corrected chi connectivity index (χ3v) is 3.77. The molecule has 0 saturated carbocycles. The molecular formula is C12H15BrF2N2. The summed E-state index contributed by atoms with van der Waals surface area (Å²) < 4.78 is 27.0. The molecule has 1 aliphatic heterocycles. The van der Waals surface area contributed by atoms with Crippen molar-refractivity contribution in [1.29, 1.82) is 0 Å². The molecule has 0 spiro atoms. The molecule has 1 saturated heterocycles. The summed E-state index contributed by atoms with van der Waals surface area (Å²) in [5, 5.41) is 0. The van der Waals surface area contributed by atoms with Crippen LogP contribution in [0.5, 0.6) is 0 Å². The van der Waals surface area contributed by atoms with Crippen molar-refractivity contribution >= 4 is 15.9 Å². The summed E-state index contributed by atoms with van der Waals surface area (Å²) in [6.07, 6.45) is 1.64. The van der Waals surface area contributed by atoms with Gasteiger partial charge >= 0.3 is 0 Å². The smallest absolute Gasteiger partial charge is 0.156 e. The van der Waals surface area contributed by atoms with Crippen LogP contribution in [-0.2, 0) is 6.54 Å². The highest BCUT2D eigenvalue weighted by molar-refractivity contribution is 9.10. The Bertz CT molecular complexity index is 411. The summed E-state index contributed by atoms with van der Waals surface area (Å²) in [5.74, 6) is -0.277. The summed E-state index contributed by atoms with van der Waals surface area (Å²) in [6, 6.07) is 1.46. The van der Waals surface area contributed by atoms with Crippen LogP contribution in [0.4, 0.5) is 8.78 Å². The standard InChI is InChI=1S/C12H15BrF2N2/c1-12(2,15)9-6-17(7-9)5-8-3-10(14)11(13)16-4-8/h3-4,9H,5-7H2,1-2H3. The molecular weight excluding hydrogens is 290 g/mol. The molecule has 2 rings (SSSR count). The molecule has 5 heteroatoms. The number of halogens is 3. The first-order valence-electron chi connectivity index (χ1n) is 5.57. The normalized spacial score (nSPS) is 18.2. The second-order valence-electron chi connectivity index (χ2n) is 5.07. The van der Waals surface area contributed by atoms with E-state index in [-0.39, 0.29) is 16.3 Å². The molecule has 0 aromatic carbocycles. The molecule has 17 heavy (non-hydrogen) atoms. The fraction of sp³-hybridized carbons (Fsp3) is 0.583. The maximum atomic E-state index is 13.6. The number of aromatic nitrogens is 1. The molecule has 94 valence electrons. The van der Waals surface area contributed by atoms with Gasteiger partial charge < -0.3 is 0 Å². The Labute approximate surface area is 108 Å². The summed E-state index contributed by atoms with van der Waals surface area (Å²) >= 11 is 3.01. The van der Waals surface area contributed by atoms with Crippen molar-refractivity contribution < 1.29 is 8.78 Å². The maximum Gasteiger partial charge on any atom is 0.156 e. The van der Waals surface area contributed by atoms with Gasteiger partial charge in [0.05, 0.1) is 0 Å². The van der Waals surface area contributed by atoms with Crippen LogP contribution < -0.4 is 0 Å². The van der Waals surface area contributed by atoms with Crippen molar-refractivity contribution in [2.45, 2.75) is 26.1 Å². The van der Waals surface area contributed by atoms with Gasteiger partial charge in [0, 0.05) is 31.7 Å². The number of alkyl halides is 1. The molecule has 0 aliphatic carbocycles. The van der Waals surface area contributed by atoms with Crippen molar-refractivity contribution in [2.75, 3.05) is 13.1 Å². The first-order valence-corrected chi connectivity index (χ1v) is 6.37. The molecule has 2 nitrogen and oxygen atoms in total. The van der Waals surface area contributed by atoms with Gasteiger partial charge in [-0.05, 0) is 41.4 Å². The Morgan fingerprint density at radius 3 is 2.71 bits per heavy atom. The van der Waals surface area contributed by atoms with E-state index in [1.807, 2.05) is 0 Å². The van der Waals surface area contributed by atoms with Crippen LogP contribution in [0.15, 0.2) is 16.9 Å². The van der Waals surface area contributed by atoms with E-state index in [1.54, 1.807) is 20.0 Å². The average Bonchev–Trinajstić information content (AvgIpc) is 2.14. The molecule has 0 atom stereocenters. The first-order chi connectivity index (χ1) is 7.86. The lowest BCUT2D eigenvalue weighted by Gasteiger charge is -2.44. The van der Waals surface area contributed by atoms with Crippen molar-refractivity contribution in [2.24, 2.45) is 5.92 Å². The summed E-state index contributed by atoms with van der Waals surface area (Å²) in [7, 11) is 0. The molecule has 0 radical (unpaired) electrons. The van der Waals surface area contributed by atoms with Gasteiger partial charge in [0.1, 0.15) is 10.3 Å². The topological polar surface area (TPSA) is 16.1 Å². The van der Waals surface area contributed by atoms with Gasteiger partial charge in [0.2, 0.25) is 0 Å². The molecule has 0 amide bonds. The van der Waals surface area contributed by atoms with Gasteiger partial charge in [0.15, 0.2) is 5.82 Å². The second kappa shape index (κ2) is 4.61. The quantitative estimate of drug-likeness (QED) is 0.798. The zero-order valence-corrected chi connectivity index (χ0v) is 11.5. The zero-order valence-electron chi connectivity index (χ0n) is 9.88. The molecule has 2 heterocycles. The summed E-state index contributed by atoms with van der Waals surface area (Å²) in [5.41, 5.74) is -0.305. The predicted molar refractivity (Wildman–Crippen MR) is 65.8 cm³/mol. The van der Waals surface area contributed by atoms with Gasteiger partial charge in [-0.15, -0.1) is 0 Å². The lowest BCUT2D eigenvalue weighted by Crippen LogP contribution is -2.53. The summed E-state index contributed by atoms with van der Waals surface area (Å²) in [6.45, 7) is 5.29. The largest absolute Gasteiger partial charge is 0.298 e. The van der Waals surface area contributed by atoms with Crippen molar-refractivity contribution in [1.82, 2.24) is 9.88 Å². The molecule has 1 aliphatic rings. The van der Waals surface area contributed by atoms with Crippen LogP contribution in [0.2, 0.25) is 0 Å². The van der Waals surface area contributed by atoms with Gasteiger partial charge in [-0.25, -0.2) is 13.8 Å². The van der Waals surface area contributed by atoms with E-state index >= 15 is 0 Å². The van der Waals surface area contributed by atoms with Gasteiger partial charge in [-0.1, -0.05) is 0 Å². The minimum absolute atomic E-state index is 0.0794. The minimum Gasteiger partial charge on any atom is -0.298 e. The first kappa shape index (κ1) is 12.9. The Morgan fingerprint density at radius 1 is 1.53 bits per heavy atom. The van der Waals surface area contributed by atoms with Gasteiger partial charge in [-0.2, -0.15) is 0 Å². The fourth-order valence-electron chi connectivity index (χ4n) is 1.94. The van der Waals surface area contributed by atoms with Crippen LogP contribution in [0, 0.1) is 11.7 Å². The number of nitrogens with zero attached hydrogens (tertiary/aromatic N) is 2. The minimum atomic E-state index is -1.13. The Balaban J connectivity index is 1.90. The van der Waals surface area contributed by atoms with E-state index in [0.717, 1.165) is 18.7 Å². The highest BCUT2D eigenvalue weighted by Crippen LogP contribution is 2.31. The van der Waals surface area contributed by atoms with E-state index in [2.05, 4.69) is 25.8 Å². The lowest BCUT2D eigenvalue weighted by molar-refractivity contribution is -0.0124. The highest BCUT2D eigenvalue weighted by Gasteiger charge is 2.38. The van der Waals surface area contributed by atoms with Crippen molar-refractivity contribution in [3.63, 3.8) is 0 Å². The van der Waals surface area contributed by atoms with Crippen LogP contribution in [0.3, 0.4) is 0 Å². The Morgan fingerprint density at radius 2 is 2.18 bits per heavy atom. The number of rotatable bonds is 3. The molecule has 1 fully saturated rings. The van der Waals surface area contributed by atoms with Crippen LogP contribution >= 0.6 is 15.9 Å². The number of pyridine rings is 1. The summed E-state index contributed by atoms with van der Waals surface area (Å²) in [4.78, 5) is 5.99. The van der Waals surface area contributed by atoms with Crippen LogP contribution in [-0.4, -0.2) is 28.6 Å². The van der Waals surface area contributed by atoms with E-state index < -0.39 is 5.67 Å². The monoisotopic (exact) mass is 304 g/mol. The lowest BCUT2D eigenvalue weighted by atomic mass is 9.85. The third kappa shape index (κ3) is 3.01. The predicted octanol–water partition coefficient (Wildman–Crippen LogP) is 3.16. The molecule has 0 N–H and O–H groups in total. The second-order valence-corrected chi connectivity index (χ2v) is 5.82. The van der Waals surface area contributed by atoms with E-state index in [9.17, 15) is 8.78 Å². The van der Waals surface area contributed by atoms with Crippen LogP contribution in [0.1, 0.15) is 19.4 Å².